The molecule has 0 atom stereocenters. The summed E-state index contributed by atoms with van der Waals surface area (Å²) in [5.74, 6) is -0.0402. The van der Waals surface area contributed by atoms with E-state index in [1.54, 1.807) is 29.8 Å². The van der Waals surface area contributed by atoms with Gasteiger partial charge in [-0.2, -0.15) is 0 Å². The minimum atomic E-state index is -3.47. The highest BCUT2D eigenvalue weighted by Gasteiger charge is 2.27. The monoisotopic (exact) mass is 467 g/mol. The van der Waals surface area contributed by atoms with Crippen molar-refractivity contribution in [3.8, 4) is 0 Å². The Morgan fingerprint density at radius 2 is 1.81 bits per heavy atom. The van der Waals surface area contributed by atoms with E-state index in [1.165, 1.54) is 16.9 Å². The summed E-state index contributed by atoms with van der Waals surface area (Å²) in [6.07, 6.45) is 5.30. The average Bonchev–Trinajstić information content (AvgIpc) is 3.31. The first-order valence-electron chi connectivity index (χ1n) is 10.9. The van der Waals surface area contributed by atoms with Gasteiger partial charge in [0.25, 0.3) is 0 Å². The molecular weight excluding hydrogens is 442 g/mol. The third-order valence-electron chi connectivity index (χ3n) is 6.16. The maximum atomic E-state index is 13.3. The Bertz CT molecular complexity index is 1240. The van der Waals surface area contributed by atoms with Crippen LogP contribution in [0.15, 0.2) is 58.9 Å². The van der Waals surface area contributed by atoms with Gasteiger partial charge in [-0.15, -0.1) is 11.3 Å². The molecule has 1 aromatic heterocycles. The van der Waals surface area contributed by atoms with Gasteiger partial charge >= 0.3 is 0 Å². The minimum Gasteiger partial charge on any atom is -0.362 e. The maximum Gasteiger partial charge on any atom is 0.246 e. The lowest BCUT2D eigenvalue weighted by atomic mass is 10.0. The zero-order valence-electron chi connectivity index (χ0n) is 17.7. The van der Waals surface area contributed by atoms with Crippen LogP contribution in [-0.4, -0.2) is 38.9 Å². The number of benzene rings is 2. The Kier molecular flexibility index (Phi) is 5.73. The Labute approximate surface area is 192 Å². The molecule has 32 heavy (non-hydrogen) atoms. The molecule has 8 heteroatoms. The standard InChI is InChI=1S/C24H25N3O3S2/c28-24(16-26-12-3-6-18-5-1-2-8-21(18)26)27-13-4-7-19-15-20(9-10-22(19)27)32(29,30)17-23-25-11-14-31-23/h1-2,5,8-11,14-15H,3-4,6-7,12-13,16-17H2. The first kappa shape index (κ1) is 21.2. The molecule has 0 unspecified atom stereocenters. The number of carbonyl (C=O) groups excluding carboxylic acids is 1. The van der Waals surface area contributed by atoms with Crippen molar-refractivity contribution in [3.63, 3.8) is 0 Å². The number of nitrogens with zero attached hydrogens (tertiary/aromatic N) is 3. The zero-order chi connectivity index (χ0) is 22.1. The summed E-state index contributed by atoms with van der Waals surface area (Å²) in [6.45, 7) is 1.87. The van der Waals surface area contributed by atoms with Crippen molar-refractivity contribution in [2.75, 3.05) is 29.4 Å². The van der Waals surface area contributed by atoms with E-state index in [4.69, 9.17) is 0 Å². The van der Waals surface area contributed by atoms with E-state index in [-0.39, 0.29) is 11.7 Å². The minimum absolute atomic E-state index is 0.0565. The second-order valence-electron chi connectivity index (χ2n) is 8.28. The van der Waals surface area contributed by atoms with Crippen molar-refractivity contribution in [2.24, 2.45) is 0 Å². The van der Waals surface area contributed by atoms with Gasteiger partial charge in [-0.05, 0) is 61.1 Å². The second kappa shape index (κ2) is 8.67. The maximum absolute atomic E-state index is 13.3. The predicted octanol–water partition coefficient (Wildman–Crippen LogP) is 3.85. The van der Waals surface area contributed by atoms with Crippen LogP contribution >= 0.6 is 11.3 Å². The fourth-order valence-corrected chi connectivity index (χ4v) is 6.92. The molecule has 0 bridgehead atoms. The molecule has 0 fully saturated rings. The summed E-state index contributed by atoms with van der Waals surface area (Å²) in [5.41, 5.74) is 4.19. The lowest BCUT2D eigenvalue weighted by Gasteiger charge is -2.35. The predicted molar refractivity (Wildman–Crippen MR) is 127 cm³/mol. The molecule has 1 amide bonds. The molecule has 0 radical (unpaired) electrons. The van der Waals surface area contributed by atoms with E-state index in [0.717, 1.165) is 49.2 Å². The Hall–Kier alpha value is -2.71. The number of carbonyl (C=O) groups is 1. The number of fused-ring (bicyclic) bond motifs is 2. The van der Waals surface area contributed by atoms with E-state index in [2.05, 4.69) is 22.0 Å². The average molecular weight is 468 g/mol. The number of amides is 1. The van der Waals surface area contributed by atoms with Gasteiger partial charge in [0.15, 0.2) is 9.84 Å². The molecule has 166 valence electrons. The molecule has 3 heterocycles. The van der Waals surface area contributed by atoms with Crippen LogP contribution in [0.25, 0.3) is 0 Å². The lowest BCUT2D eigenvalue weighted by molar-refractivity contribution is -0.117. The fraction of sp³-hybridized carbons (Fsp3) is 0.333. The van der Waals surface area contributed by atoms with Crippen molar-refractivity contribution in [3.05, 3.63) is 70.2 Å². The van der Waals surface area contributed by atoms with Gasteiger partial charge in [0.2, 0.25) is 5.91 Å². The molecule has 0 aliphatic carbocycles. The number of hydrogen-bond donors (Lipinski definition) is 0. The molecule has 3 aromatic rings. The molecule has 6 nitrogen and oxygen atoms in total. The van der Waals surface area contributed by atoms with Crippen molar-refractivity contribution >= 4 is 38.5 Å². The zero-order valence-corrected chi connectivity index (χ0v) is 19.4. The third-order valence-corrected chi connectivity index (χ3v) is 8.75. The van der Waals surface area contributed by atoms with Gasteiger partial charge in [0.1, 0.15) is 10.8 Å². The topological polar surface area (TPSA) is 70.6 Å². The van der Waals surface area contributed by atoms with Crippen molar-refractivity contribution in [1.82, 2.24) is 4.98 Å². The Balaban J connectivity index is 1.37. The SMILES string of the molecule is O=C(CN1CCCc2ccccc21)N1CCCc2cc(S(=O)(=O)Cc3nccs3)ccc21. The van der Waals surface area contributed by atoms with Crippen LogP contribution < -0.4 is 9.80 Å². The molecular formula is C24H25N3O3S2. The number of thiazole rings is 1. The smallest absolute Gasteiger partial charge is 0.246 e. The molecule has 0 spiro atoms. The van der Waals surface area contributed by atoms with Crippen LogP contribution in [0.3, 0.4) is 0 Å². The summed E-state index contributed by atoms with van der Waals surface area (Å²) in [7, 11) is -3.47. The van der Waals surface area contributed by atoms with E-state index < -0.39 is 9.84 Å². The number of rotatable bonds is 5. The lowest BCUT2D eigenvalue weighted by Crippen LogP contribution is -2.44. The second-order valence-corrected chi connectivity index (χ2v) is 11.2. The van der Waals surface area contributed by atoms with E-state index in [0.29, 0.717) is 23.0 Å². The van der Waals surface area contributed by atoms with Gasteiger partial charge in [0.05, 0.1) is 11.4 Å². The molecule has 2 aliphatic rings. The van der Waals surface area contributed by atoms with Crippen molar-refractivity contribution in [1.29, 1.82) is 0 Å². The van der Waals surface area contributed by atoms with Crippen LogP contribution in [-0.2, 0) is 33.2 Å². The highest BCUT2D eigenvalue weighted by atomic mass is 32.2. The summed E-state index contributed by atoms with van der Waals surface area (Å²) in [4.78, 5) is 21.7. The van der Waals surface area contributed by atoms with Crippen LogP contribution in [0.5, 0.6) is 0 Å². The van der Waals surface area contributed by atoms with Gasteiger partial charge in [-0.3, -0.25) is 4.79 Å². The number of hydrogen-bond acceptors (Lipinski definition) is 6. The molecule has 2 aliphatic heterocycles. The molecule has 0 saturated heterocycles. The van der Waals surface area contributed by atoms with Gasteiger partial charge < -0.3 is 9.80 Å². The first-order chi connectivity index (χ1) is 15.5. The third kappa shape index (κ3) is 4.17. The number of para-hydroxylation sites is 1. The van der Waals surface area contributed by atoms with Crippen molar-refractivity contribution < 1.29 is 13.2 Å². The molecule has 0 saturated carbocycles. The summed E-state index contributed by atoms with van der Waals surface area (Å²) < 4.78 is 25.7. The quantitative estimate of drug-likeness (QED) is 0.570. The highest BCUT2D eigenvalue weighted by Crippen LogP contribution is 2.32. The molecule has 0 N–H and O–H groups in total. The Morgan fingerprint density at radius 3 is 2.66 bits per heavy atom. The summed E-state index contributed by atoms with van der Waals surface area (Å²) >= 11 is 1.34. The van der Waals surface area contributed by atoms with E-state index in [9.17, 15) is 13.2 Å². The Morgan fingerprint density at radius 1 is 1.00 bits per heavy atom. The highest BCUT2D eigenvalue weighted by molar-refractivity contribution is 7.90. The van der Waals surface area contributed by atoms with Crippen molar-refractivity contribution in [2.45, 2.75) is 36.3 Å². The van der Waals surface area contributed by atoms with E-state index in [1.807, 2.05) is 17.0 Å². The van der Waals surface area contributed by atoms with Gasteiger partial charge in [-0.25, -0.2) is 13.4 Å². The van der Waals surface area contributed by atoms with Crippen LogP contribution in [0.2, 0.25) is 0 Å². The summed E-state index contributed by atoms with van der Waals surface area (Å²) in [5, 5.41) is 2.36. The van der Waals surface area contributed by atoms with Crippen LogP contribution in [0, 0.1) is 0 Å². The van der Waals surface area contributed by atoms with E-state index >= 15 is 0 Å². The van der Waals surface area contributed by atoms with Crippen LogP contribution in [0.4, 0.5) is 11.4 Å². The van der Waals surface area contributed by atoms with Crippen LogP contribution in [0.1, 0.15) is 29.0 Å². The number of aryl methyl sites for hydroxylation is 2. The van der Waals surface area contributed by atoms with Gasteiger partial charge in [-0.1, -0.05) is 18.2 Å². The molecule has 5 rings (SSSR count). The summed E-state index contributed by atoms with van der Waals surface area (Å²) in [6, 6.07) is 13.5. The number of aromatic nitrogens is 1. The number of sulfone groups is 1. The number of anilines is 2. The fourth-order valence-electron chi connectivity index (χ4n) is 4.62. The normalized spacial score (nSPS) is 15.9. The first-order valence-corrected chi connectivity index (χ1v) is 13.4. The largest absolute Gasteiger partial charge is 0.362 e. The van der Waals surface area contributed by atoms with Gasteiger partial charge in [0, 0.05) is 36.0 Å². The molecule has 2 aromatic carbocycles.